The molecule has 0 radical (unpaired) electrons. The van der Waals surface area contributed by atoms with Gasteiger partial charge in [-0.15, -0.1) is 0 Å². The average Bonchev–Trinajstić information content (AvgIpc) is 3.38. The van der Waals surface area contributed by atoms with E-state index >= 15 is 0 Å². The molecule has 2 N–H and O–H groups in total. The zero-order valence-corrected chi connectivity index (χ0v) is 19.8. The maximum absolute atomic E-state index is 14.5. The molecule has 186 valence electrons. The molecule has 1 amide bonds. The van der Waals surface area contributed by atoms with Gasteiger partial charge >= 0.3 is 0 Å². The van der Waals surface area contributed by atoms with Gasteiger partial charge in [0.05, 0.1) is 18.2 Å². The third-order valence-electron chi connectivity index (χ3n) is 7.09. The first-order valence-corrected chi connectivity index (χ1v) is 12.0. The van der Waals surface area contributed by atoms with Crippen molar-refractivity contribution in [2.75, 3.05) is 13.7 Å². The number of ether oxygens (including phenoxy) is 1. The summed E-state index contributed by atoms with van der Waals surface area (Å²) >= 11 is 0. The predicted molar refractivity (Wildman–Crippen MR) is 131 cm³/mol. The normalized spacial score (nSPS) is 17.8. The van der Waals surface area contributed by atoms with Crippen molar-refractivity contribution in [1.29, 1.82) is 0 Å². The molecule has 0 saturated heterocycles. The van der Waals surface area contributed by atoms with Gasteiger partial charge < -0.3 is 15.0 Å². The third kappa shape index (κ3) is 4.67. The minimum atomic E-state index is -1.04. The van der Waals surface area contributed by atoms with E-state index in [4.69, 9.17) is 4.74 Å². The molecule has 0 unspecified atom stereocenters. The average molecular weight is 494 g/mol. The number of nitrogens with zero attached hydrogens (tertiary/aromatic N) is 1. The molecule has 1 aliphatic rings. The minimum absolute atomic E-state index is 0.0419. The number of rotatable bonds is 6. The van der Waals surface area contributed by atoms with E-state index < -0.39 is 11.6 Å². The van der Waals surface area contributed by atoms with E-state index in [2.05, 4.69) is 15.3 Å². The van der Waals surface area contributed by atoms with Crippen LogP contribution in [0.15, 0.2) is 55.0 Å². The Labute approximate surface area is 206 Å². The van der Waals surface area contributed by atoms with Crippen LogP contribution in [0.1, 0.15) is 47.5 Å². The topological polar surface area (TPSA) is 67.0 Å². The number of aromatic amines is 1. The fourth-order valence-corrected chi connectivity index (χ4v) is 5.16. The van der Waals surface area contributed by atoms with Crippen molar-refractivity contribution in [3.05, 3.63) is 83.6 Å². The van der Waals surface area contributed by atoms with E-state index in [9.17, 15) is 18.0 Å². The lowest BCUT2D eigenvalue weighted by Gasteiger charge is -2.29. The summed E-state index contributed by atoms with van der Waals surface area (Å²) in [5.41, 5.74) is 2.37. The number of nitrogens with one attached hydrogen (secondary N) is 2. The standard InChI is InChI=1S/C28H26F3N3O2/c1-36-19-11-22(27(31)25(30)12-19)23-14-32-15-24(23)28(35)34-13-16-2-4-17(5-3-16)20-8-9-33-26-7-6-18(29)10-21(20)26/h6-12,14-17,32H,2-5,13H2,1H3,(H,34,35). The minimum Gasteiger partial charge on any atom is -0.497 e. The summed E-state index contributed by atoms with van der Waals surface area (Å²) in [5, 5.41) is 3.81. The van der Waals surface area contributed by atoms with Crippen molar-refractivity contribution < 1.29 is 22.7 Å². The number of benzene rings is 2. The van der Waals surface area contributed by atoms with Crippen LogP contribution >= 0.6 is 0 Å². The zero-order valence-electron chi connectivity index (χ0n) is 19.8. The van der Waals surface area contributed by atoms with Gasteiger partial charge in [-0.2, -0.15) is 0 Å². The lowest BCUT2D eigenvalue weighted by atomic mass is 9.78. The highest BCUT2D eigenvalue weighted by atomic mass is 19.2. The SMILES string of the molecule is COc1cc(F)c(F)c(-c2c[nH]cc2C(=O)NCC2CCC(c3ccnc4ccc(F)cc34)CC2)c1. The summed E-state index contributed by atoms with van der Waals surface area (Å²) < 4.78 is 47.4. The summed E-state index contributed by atoms with van der Waals surface area (Å²) in [7, 11) is 1.37. The van der Waals surface area contributed by atoms with Crippen molar-refractivity contribution in [1.82, 2.24) is 15.3 Å². The number of amides is 1. The van der Waals surface area contributed by atoms with E-state index in [0.717, 1.165) is 48.2 Å². The largest absolute Gasteiger partial charge is 0.497 e. The zero-order chi connectivity index (χ0) is 25.2. The number of aromatic nitrogens is 2. The second-order valence-electron chi connectivity index (χ2n) is 9.24. The van der Waals surface area contributed by atoms with Gasteiger partial charge in [0.15, 0.2) is 11.6 Å². The van der Waals surface area contributed by atoms with Crippen LogP contribution in [0, 0.1) is 23.4 Å². The maximum atomic E-state index is 14.5. The number of H-pyrrole nitrogens is 1. The second-order valence-corrected chi connectivity index (χ2v) is 9.24. The molecular weight excluding hydrogens is 467 g/mol. The van der Waals surface area contributed by atoms with Crippen LogP contribution < -0.4 is 10.1 Å². The molecule has 8 heteroatoms. The van der Waals surface area contributed by atoms with Gasteiger partial charge in [-0.3, -0.25) is 9.78 Å². The van der Waals surface area contributed by atoms with Crippen LogP contribution in [0.25, 0.3) is 22.0 Å². The van der Waals surface area contributed by atoms with Crippen LogP contribution in [0.3, 0.4) is 0 Å². The number of hydrogen-bond donors (Lipinski definition) is 2. The first-order valence-electron chi connectivity index (χ1n) is 12.0. The highest BCUT2D eigenvalue weighted by Gasteiger charge is 2.25. The molecular formula is C28H26F3N3O2. The Morgan fingerprint density at radius 3 is 2.64 bits per heavy atom. The molecule has 1 aliphatic carbocycles. The number of halogens is 3. The van der Waals surface area contributed by atoms with Gasteiger partial charge in [0.25, 0.3) is 5.91 Å². The molecule has 0 bridgehead atoms. The predicted octanol–water partition coefficient (Wildman–Crippen LogP) is 6.36. The number of carbonyl (C=O) groups excluding carboxylic acids is 1. The van der Waals surface area contributed by atoms with Crippen LogP contribution in [0.4, 0.5) is 13.2 Å². The summed E-state index contributed by atoms with van der Waals surface area (Å²) in [5.74, 6) is -1.93. The molecule has 1 saturated carbocycles. The van der Waals surface area contributed by atoms with Crippen molar-refractivity contribution in [2.24, 2.45) is 5.92 Å². The fourth-order valence-electron chi connectivity index (χ4n) is 5.16. The van der Waals surface area contributed by atoms with Gasteiger partial charge in [0, 0.05) is 47.7 Å². The van der Waals surface area contributed by atoms with Gasteiger partial charge in [-0.05, 0) is 73.4 Å². The van der Waals surface area contributed by atoms with Crippen LogP contribution in [0.5, 0.6) is 5.75 Å². The number of hydrogen-bond acceptors (Lipinski definition) is 3. The van der Waals surface area contributed by atoms with Gasteiger partial charge in [0.1, 0.15) is 11.6 Å². The quantitative estimate of drug-likeness (QED) is 0.329. The smallest absolute Gasteiger partial charge is 0.253 e. The third-order valence-corrected chi connectivity index (χ3v) is 7.09. The van der Waals surface area contributed by atoms with E-state index in [0.29, 0.717) is 18.4 Å². The Bertz CT molecular complexity index is 1410. The molecule has 0 atom stereocenters. The van der Waals surface area contributed by atoms with Crippen LogP contribution in [-0.2, 0) is 0 Å². The number of fused-ring (bicyclic) bond motifs is 1. The summed E-state index contributed by atoms with van der Waals surface area (Å²) in [6, 6.07) is 8.99. The lowest BCUT2D eigenvalue weighted by molar-refractivity contribution is 0.0943. The molecule has 1 fully saturated rings. The van der Waals surface area contributed by atoms with Gasteiger partial charge in [-0.1, -0.05) is 0 Å². The maximum Gasteiger partial charge on any atom is 0.253 e. The second kappa shape index (κ2) is 10.0. The lowest BCUT2D eigenvalue weighted by Crippen LogP contribution is -2.31. The fraction of sp³-hybridized carbons (Fsp3) is 0.286. The number of carbonyl (C=O) groups is 1. The van der Waals surface area contributed by atoms with E-state index in [1.807, 2.05) is 6.07 Å². The van der Waals surface area contributed by atoms with E-state index in [1.54, 1.807) is 18.3 Å². The molecule has 2 aromatic carbocycles. The molecule has 2 aromatic heterocycles. The highest BCUT2D eigenvalue weighted by Crippen LogP contribution is 2.38. The Kier molecular flexibility index (Phi) is 6.67. The van der Waals surface area contributed by atoms with Crippen molar-refractivity contribution in [3.8, 4) is 16.9 Å². The summed E-state index contributed by atoms with van der Waals surface area (Å²) in [6.07, 6.45) is 8.41. The van der Waals surface area contributed by atoms with Crippen molar-refractivity contribution in [2.45, 2.75) is 31.6 Å². The van der Waals surface area contributed by atoms with Crippen LogP contribution in [-0.4, -0.2) is 29.5 Å². The summed E-state index contributed by atoms with van der Waals surface area (Å²) in [4.78, 5) is 20.1. The number of methoxy groups -OCH3 is 1. The first kappa shape index (κ1) is 23.9. The first-order chi connectivity index (χ1) is 17.4. The Morgan fingerprint density at radius 2 is 1.86 bits per heavy atom. The molecule has 5 nitrogen and oxygen atoms in total. The Morgan fingerprint density at radius 1 is 1.06 bits per heavy atom. The van der Waals surface area contributed by atoms with Crippen molar-refractivity contribution in [3.63, 3.8) is 0 Å². The molecule has 2 heterocycles. The Balaban J connectivity index is 1.23. The molecule has 0 aliphatic heterocycles. The van der Waals surface area contributed by atoms with Gasteiger partial charge in [0.2, 0.25) is 0 Å². The van der Waals surface area contributed by atoms with Crippen LogP contribution in [0.2, 0.25) is 0 Å². The van der Waals surface area contributed by atoms with E-state index in [-0.39, 0.29) is 34.2 Å². The molecule has 0 spiro atoms. The molecule has 5 rings (SSSR count). The number of pyridine rings is 1. The Hall–Kier alpha value is -3.81. The van der Waals surface area contributed by atoms with Gasteiger partial charge in [-0.25, -0.2) is 13.2 Å². The van der Waals surface area contributed by atoms with E-state index in [1.165, 1.54) is 31.6 Å². The summed E-state index contributed by atoms with van der Waals surface area (Å²) in [6.45, 7) is 0.483. The molecule has 4 aromatic rings. The molecule has 36 heavy (non-hydrogen) atoms. The monoisotopic (exact) mass is 493 g/mol. The highest BCUT2D eigenvalue weighted by molar-refractivity contribution is 6.01. The van der Waals surface area contributed by atoms with Crippen molar-refractivity contribution >= 4 is 16.8 Å².